The van der Waals surface area contributed by atoms with Crippen molar-refractivity contribution in [3.8, 4) is 23.0 Å². The second-order valence-corrected chi connectivity index (χ2v) is 32.5. The van der Waals surface area contributed by atoms with Crippen LogP contribution in [-0.2, 0) is 64.9 Å². The van der Waals surface area contributed by atoms with Crippen LogP contribution in [0.4, 0.5) is 0 Å². The molecule has 0 amide bonds. The summed E-state index contributed by atoms with van der Waals surface area (Å²) in [5.41, 5.74) is -0.855. The molecule has 1 heterocycles. The molecule has 0 saturated carbocycles. The Morgan fingerprint density at radius 1 is 0.279 bits per heavy atom. The summed E-state index contributed by atoms with van der Waals surface area (Å²) in [6.07, 6.45) is 2.53. The van der Waals surface area contributed by atoms with Crippen LogP contribution >= 0.6 is 0 Å². The Morgan fingerprint density at radius 3 is 0.500 bits per heavy atom. The van der Waals surface area contributed by atoms with Gasteiger partial charge in [-0.25, -0.2) is 16.8 Å². The molecule has 4 N–H and O–H groups in total. The molecule has 0 saturated heterocycles. The minimum atomic E-state index is -2.38. The molecule has 1 aliphatic heterocycles. The van der Waals surface area contributed by atoms with Crippen LogP contribution in [-0.4, -0.2) is 37.3 Å². The predicted octanol–water partition coefficient (Wildman–Crippen LogP) is 14.3. The number of fused-ring (bicyclic) bond motifs is 8. The Bertz CT molecular complexity index is 2250. The smallest absolute Gasteiger partial charge is 0.148 e. The number of hydrogen-bond acceptors (Lipinski definition) is 8. The maximum absolute atomic E-state index is 15.6. The van der Waals surface area contributed by atoms with Crippen molar-refractivity contribution in [1.82, 2.24) is 0 Å². The number of hydrogen-bond donors (Lipinski definition) is 4. The number of phenolic OH excluding ortho intramolecular Hbond substituents is 4. The minimum absolute atomic E-state index is 0.124. The average molecular weight is 1010 g/mol. The van der Waals surface area contributed by atoms with Gasteiger partial charge in [0.1, 0.15) is 23.0 Å². The number of aromatic hydroxyl groups is 4. The van der Waals surface area contributed by atoms with Crippen molar-refractivity contribution in [2.24, 2.45) is 21.7 Å². The van der Waals surface area contributed by atoms with Crippen LogP contribution in [0.25, 0.3) is 0 Å². The van der Waals surface area contributed by atoms with Gasteiger partial charge in [-0.05, 0) is 140 Å². The van der Waals surface area contributed by atoms with Crippen molar-refractivity contribution < 1.29 is 37.3 Å². The van der Waals surface area contributed by atoms with E-state index in [0.717, 1.165) is 0 Å². The number of benzene rings is 4. The van der Waals surface area contributed by atoms with Crippen molar-refractivity contribution in [2.45, 2.75) is 225 Å². The largest absolute Gasteiger partial charge is 0.505 e. The molecule has 5 rings (SSSR count). The lowest BCUT2D eigenvalue weighted by Crippen LogP contribution is -2.26. The van der Waals surface area contributed by atoms with Gasteiger partial charge in [0.15, 0.2) is 0 Å². The van der Waals surface area contributed by atoms with Gasteiger partial charge in [0.25, 0.3) is 0 Å². The molecule has 0 unspecified atom stereocenters. The standard InChI is InChI=1S/C56H80O8S4/c1-49(2,3)29-53(13,14)33-21-37-45(57)38(22-33)66(62)40-24-35(55(17,18)31-51(7,8)9)26-42(47(40)59)68(64)44-28-36(56(19,20)32-52(10,11)12)27-43(48(44)60)67(63)41-25-34(23-39(46(41)58)65(37)61)54(15,16)30-50(4,5)6/h21-28,57-60H,29-32H2,1-20H3. The Balaban J connectivity index is 2.08. The Hall–Kier alpha value is -3.32. The third-order valence-electron chi connectivity index (χ3n) is 12.8. The highest BCUT2D eigenvalue weighted by Gasteiger charge is 2.39. The van der Waals surface area contributed by atoms with Crippen molar-refractivity contribution in [1.29, 1.82) is 0 Å². The van der Waals surface area contributed by atoms with E-state index < -0.39 is 87.9 Å². The molecule has 1 aliphatic rings. The summed E-state index contributed by atoms with van der Waals surface area (Å²) in [7, 11) is -9.54. The summed E-state index contributed by atoms with van der Waals surface area (Å²) in [5, 5.41) is 49.8. The molecule has 12 heteroatoms. The second kappa shape index (κ2) is 18.4. The molecular weight excluding hydrogens is 929 g/mol. The van der Waals surface area contributed by atoms with Crippen LogP contribution in [0.15, 0.2) is 87.7 Å². The zero-order chi connectivity index (χ0) is 52.0. The minimum Gasteiger partial charge on any atom is -0.505 e. The predicted molar refractivity (Wildman–Crippen MR) is 280 cm³/mol. The Morgan fingerprint density at radius 2 is 0.397 bits per heavy atom. The molecule has 8 bridgehead atoms. The van der Waals surface area contributed by atoms with Gasteiger partial charge in [-0.1, -0.05) is 138 Å². The van der Waals surface area contributed by atoms with E-state index in [1.807, 2.05) is 55.4 Å². The molecule has 0 atom stereocenters. The molecule has 0 spiro atoms. The fourth-order valence-electron chi connectivity index (χ4n) is 11.2. The first-order chi connectivity index (χ1) is 30.5. The summed E-state index contributed by atoms with van der Waals surface area (Å²) in [6, 6.07) is 13.0. The number of phenols is 4. The lowest BCUT2D eigenvalue weighted by molar-refractivity contribution is 0.282. The molecular formula is C56H80O8S4. The van der Waals surface area contributed by atoms with Gasteiger partial charge in [0.2, 0.25) is 0 Å². The zero-order valence-electron chi connectivity index (χ0n) is 44.5. The van der Waals surface area contributed by atoms with Gasteiger partial charge in [0.05, 0.1) is 82.4 Å². The molecule has 376 valence electrons. The van der Waals surface area contributed by atoms with Gasteiger partial charge in [-0.2, -0.15) is 0 Å². The van der Waals surface area contributed by atoms with Crippen LogP contribution in [0.1, 0.15) is 186 Å². The molecule has 4 aromatic rings. The normalized spacial score (nSPS) is 19.0. The lowest BCUT2D eigenvalue weighted by atomic mass is 9.72. The zero-order valence-corrected chi connectivity index (χ0v) is 47.8. The third-order valence-corrected chi connectivity index (χ3v) is 18.5. The van der Waals surface area contributed by atoms with Crippen molar-refractivity contribution in [3.63, 3.8) is 0 Å². The first-order valence-corrected chi connectivity index (χ1v) is 28.2. The van der Waals surface area contributed by atoms with E-state index in [4.69, 9.17) is 0 Å². The monoisotopic (exact) mass is 1010 g/mol. The van der Waals surface area contributed by atoms with Crippen molar-refractivity contribution in [2.75, 3.05) is 0 Å². The first kappa shape index (κ1) is 55.6. The molecule has 0 radical (unpaired) electrons. The van der Waals surface area contributed by atoms with Crippen molar-refractivity contribution in [3.05, 3.63) is 70.8 Å². The van der Waals surface area contributed by atoms with E-state index in [1.165, 1.54) is 0 Å². The quantitative estimate of drug-likeness (QED) is 0.120. The van der Waals surface area contributed by atoms with Crippen LogP contribution in [0, 0.1) is 21.7 Å². The highest BCUT2D eigenvalue weighted by atomic mass is 32.2. The maximum Gasteiger partial charge on any atom is 0.148 e. The third kappa shape index (κ3) is 12.0. The molecule has 0 aliphatic carbocycles. The fraction of sp³-hybridized carbons (Fsp3) is 0.571. The Labute approximate surface area is 418 Å². The van der Waals surface area contributed by atoms with E-state index in [-0.39, 0.29) is 60.8 Å². The van der Waals surface area contributed by atoms with Gasteiger partial charge in [0, 0.05) is 0 Å². The van der Waals surface area contributed by atoms with Crippen LogP contribution in [0.2, 0.25) is 0 Å². The Kier molecular flexibility index (Phi) is 15.0. The molecule has 0 aromatic heterocycles. The highest BCUT2D eigenvalue weighted by molar-refractivity contribution is 7.87. The van der Waals surface area contributed by atoms with Gasteiger partial charge >= 0.3 is 0 Å². The molecule has 8 nitrogen and oxygen atoms in total. The topological polar surface area (TPSA) is 149 Å². The van der Waals surface area contributed by atoms with E-state index in [1.54, 1.807) is 48.5 Å². The lowest BCUT2D eigenvalue weighted by Gasteiger charge is -2.34. The summed E-state index contributed by atoms with van der Waals surface area (Å²) in [4.78, 5) is -0.990. The molecule has 0 fully saturated rings. The van der Waals surface area contributed by atoms with Gasteiger partial charge in [-0.15, -0.1) is 0 Å². The van der Waals surface area contributed by atoms with E-state index in [2.05, 4.69) is 83.1 Å². The maximum atomic E-state index is 15.6. The SMILES string of the molecule is CC(C)(C)CC(C)(C)c1cc2c(O)c(c1)S(=O)c1cc(C(C)(C)CC(C)(C)C)cc(c1O)S(=O)c1cc(C(C)(C)CC(C)(C)C)cc(c1O)S(=O)c1cc(C(C)(C)CC(C)(C)C)cc(c1O)S2=O. The van der Waals surface area contributed by atoms with Crippen LogP contribution < -0.4 is 0 Å². The summed E-state index contributed by atoms with van der Waals surface area (Å²) >= 11 is 0. The van der Waals surface area contributed by atoms with E-state index in [9.17, 15) is 20.4 Å². The average Bonchev–Trinajstić information content (AvgIpc) is 3.12. The van der Waals surface area contributed by atoms with E-state index >= 15 is 16.8 Å². The molecule has 68 heavy (non-hydrogen) atoms. The molecule has 4 aromatic carbocycles. The van der Waals surface area contributed by atoms with E-state index in [0.29, 0.717) is 47.9 Å². The van der Waals surface area contributed by atoms with Crippen molar-refractivity contribution >= 4 is 43.2 Å². The van der Waals surface area contributed by atoms with Crippen LogP contribution in [0.5, 0.6) is 23.0 Å². The summed E-state index contributed by atoms with van der Waals surface area (Å²) in [6.45, 7) is 41.5. The van der Waals surface area contributed by atoms with Crippen LogP contribution in [0.3, 0.4) is 0 Å². The first-order valence-electron chi connectivity index (χ1n) is 23.6. The summed E-state index contributed by atoms with van der Waals surface area (Å²) < 4.78 is 62.3. The fourth-order valence-corrected chi connectivity index (χ4v) is 16.6. The highest BCUT2D eigenvalue weighted by Crippen LogP contribution is 2.51. The van der Waals surface area contributed by atoms with Gasteiger partial charge in [-0.3, -0.25) is 0 Å². The number of rotatable bonds is 8. The van der Waals surface area contributed by atoms with Gasteiger partial charge < -0.3 is 20.4 Å². The summed E-state index contributed by atoms with van der Waals surface area (Å²) in [5.74, 6) is -2.22. The second-order valence-electron chi connectivity index (χ2n) is 26.8.